The van der Waals surface area contributed by atoms with Crippen LogP contribution in [0.15, 0.2) is 41.3 Å². The average molecular weight is 377 g/mol. The predicted molar refractivity (Wildman–Crippen MR) is 105 cm³/mol. The van der Waals surface area contributed by atoms with Gasteiger partial charge in [-0.3, -0.25) is 4.18 Å². The van der Waals surface area contributed by atoms with Crippen molar-refractivity contribution in [3.8, 4) is 0 Å². The highest BCUT2D eigenvalue weighted by Gasteiger charge is 2.51. The molecule has 0 unspecified atom stereocenters. The summed E-state index contributed by atoms with van der Waals surface area (Å²) in [5, 5.41) is 0. The van der Waals surface area contributed by atoms with Crippen LogP contribution in [-0.2, 0) is 14.3 Å². The first kappa shape index (κ1) is 19.6. The monoisotopic (exact) mass is 376 g/mol. The van der Waals surface area contributed by atoms with Gasteiger partial charge in [-0.15, -0.1) is 0 Å². The van der Waals surface area contributed by atoms with Crippen LogP contribution in [0.4, 0.5) is 0 Å². The van der Waals surface area contributed by atoms with E-state index < -0.39 is 10.1 Å². The van der Waals surface area contributed by atoms with Gasteiger partial charge in [-0.1, -0.05) is 50.6 Å². The molecule has 0 amide bonds. The van der Waals surface area contributed by atoms with Gasteiger partial charge in [0.25, 0.3) is 10.1 Å². The molecule has 0 radical (unpaired) electrons. The lowest BCUT2D eigenvalue weighted by atomic mass is 9.54. The Morgan fingerprint density at radius 2 is 1.85 bits per heavy atom. The number of benzene rings is 1. The number of hydrogen-bond acceptors (Lipinski definition) is 3. The molecule has 4 atom stereocenters. The largest absolute Gasteiger partial charge is 0.297 e. The fraction of sp³-hybridized carbons (Fsp3) is 0.636. The number of aryl methyl sites for hydroxylation is 1. The first-order valence-electron chi connectivity index (χ1n) is 9.82. The van der Waals surface area contributed by atoms with E-state index in [1.165, 1.54) is 5.57 Å². The Labute approximate surface area is 159 Å². The minimum absolute atomic E-state index is 0.105. The zero-order valence-corrected chi connectivity index (χ0v) is 17.3. The van der Waals surface area contributed by atoms with Gasteiger partial charge in [-0.2, -0.15) is 8.42 Å². The molecule has 1 aromatic carbocycles. The van der Waals surface area contributed by atoms with E-state index in [2.05, 4.69) is 27.4 Å². The van der Waals surface area contributed by atoms with Crippen LogP contribution in [0.1, 0.15) is 58.4 Å². The van der Waals surface area contributed by atoms with Crippen LogP contribution < -0.4 is 0 Å². The van der Waals surface area contributed by atoms with Gasteiger partial charge in [0.15, 0.2) is 0 Å². The molecule has 0 N–H and O–H groups in total. The number of hydrogen-bond donors (Lipinski definition) is 0. The molecule has 2 aliphatic rings. The first-order chi connectivity index (χ1) is 12.1. The van der Waals surface area contributed by atoms with Crippen LogP contribution in [0.5, 0.6) is 0 Å². The van der Waals surface area contributed by atoms with Gasteiger partial charge >= 0.3 is 0 Å². The van der Waals surface area contributed by atoms with Crippen molar-refractivity contribution in [2.75, 3.05) is 0 Å². The summed E-state index contributed by atoms with van der Waals surface area (Å²) in [7, 11) is -3.78. The van der Waals surface area contributed by atoms with Crippen LogP contribution in [-0.4, -0.2) is 14.5 Å². The summed E-state index contributed by atoms with van der Waals surface area (Å²) in [6.45, 7) is 12.9. The second-order valence-electron chi connectivity index (χ2n) is 8.92. The van der Waals surface area contributed by atoms with Gasteiger partial charge in [-0.25, -0.2) is 0 Å². The normalized spacial score (nSPS) is 32.5. The van der Waals surface area contributed by atoms with Crippen LogP contribution in [0.25, 0.3) is 0 Å². The van der Waals surface area contributed by atoms with Gasteiger partial charge in [0.05, 0.1) is 11.0 Å². The zero-order chi connectivity index (χ0) is 19.1. The molecular weight excluding hydrogens is 344 g/mol. The predicted octanol–water partition coefficient (Wildman–Crippen LogP) is 5.50. The SMILES string of the molecule is C=C1CCC[C@]2(C)CC[C@@H](C(C)C)[C@H](OS(=O)(=O)c3ccc(C)cc3)[C@@H]12. The maximum absolute atomic E-state index is 13.0. The Hall–Kier alpha value is -1.13. The van der Waals surface area contributed by atoms with Crippen molar-refractivity contribution in [1.82, 2.24) is 0 Å². The van der Waals surface area contributed by atoms with E-state index in [0.29, 0.717) is 5.92 Å². The fourth-order valence-corrected chi connectivity index (χ4v) is 6.21. The molecule has 3 nitrogen and oxygen atoms in total. The van der Waals surface area contributed by atoms with E-state index in [-0.39, 0.29) is 28.3 Å². The van der Waals surface area contributed by atoms with Crippen LogP contribution in [0, 0.1) is 30.1 Å². The minimum atomic E-state index is -3.78. The molecule has 0 aromatic heterocycles. The molecule has 1 aromatic rings. The highest BCUT2D eigenvalue weighted by Crippen LogP contribution is 2.55. The van der Waals surface area contributed by atoms with Crippen LogP contribution in [0.3, 0.4) is 0 Å². The molecule has 0 spiro atoms. The zero-order valence-electron chi connectivity index (χ0n) is 16.5. The summed E-state index contributed by atoms with van der Waals surface area (Å²) < 4.78 is 32.0. The minimum Gasteiger partial charge on any atom is -0.262 e. The topological polar surface area (TPSA) is 43.4 Å². The van der Waals surface area contributed by atoms with E-state index in [4.69, 9.17) is 4.18 Å². The third-order valence-electron chi connectivity index (χ3n) is 6.64. The highest BCUT2D eigenvalue weighted by atomic mass is 32.2. The van der Waals surface area contributed by atoms with Crippen molar-refractivity contribution in [3.63, 3.8) is 0 Å². The van der Waals surface area contributed by atoms with E-state index in [9.17, 15) is 8.42 Å². The third kappa shape index (κ3) is 3.63. The Bertz CT molecular complexity index is 763. The molecule has 3 rings (SSSR count). The second-order valence-corrected chi connectivity index (χ2v) is 10.5. The maximum atomic E-state index is 13.0. The van der Waals surface area contributed by atoms with E-state index in [0.717, 1.165) is 37.7 Å². The maximum Gasteiger partial charge on any atom is 0.297 e. The van der Waals surface area contributed by atoms with E-state index in [1.807, 2.05) is 19.1 Å². The lowest BCUT2D eigenvalue weighted by molar-refractivity contribution is -0.0496. The standard InChI is InChI=1S/C22H32O3S/c1-15(2)19-12-14-22(5)13-6-7-17(4)20(22)21(19)25-26(23,24)18-10-8-16(3)9-11-18/h8-11,15,19-21H,4,6-7,12-14H2,1-3,5H3/t19-,20+,21-,22+/m0/s1. The Morgan fingerprint density at radius 3 is 2.46 bits per heavy atom. The summed E-state index contributed by atoms with van der Waals surface area (Å²) in [5.74, 6) is 0.744. The van der Waals surface area contributed by atoms with Gasteiger partial charge < -0.3 is 0 Å². The van der Waals surface area contributed by atoms with Crippen molar-refractivity contribution in [2.45, 2.75) is 70.8 Å². The van der Waals surface area contributed by atoms with Gasteiger partial charge in [-0.05, 0) is 68.4 Å². The summed E-state index contributed by atoms with van der Waals surface area (Å²) in [6, 6.07) is 6.93. The molecule has 2 fully saturated rings. The number of rotatable bonds is 4. The lowest BCUT2D eigenvalue weighted by Gasteiger charge is -2.53. The molecule has 0 saturated heterocycles. The van der Waals surface area contributed by atoms with E-state index in [1.54, 1.807) is 12.1 Å². The summed E-state index contributed by atoms with van der Waals surface area (Å²) in [6.07, 6.45) is 5.10. The highest BCUT2D eigenvalue weighted by molar-refractivity contribution is 7.86. The summed E-state index contributed by atoms with van der Waals surface area (Å²) in [5.41, 5.74) is 2.32. The van der Waals surface area contributed by atoms with Gasteiger partial charge in [0, 0.05) is 5.92 Å². The molecule has 0 bridgehead atoms. The molecular formula is C22H32O3S. The van der Waals surface area contributed by atoms with Crippen LogP contribution in [0.2, 0.25) is 0 Å². The summed E-state index contributed by atoms with van der Waals surface area (Å²) in [4.78, 5) is 0.249. The van der Waals surface area contributed by atoms with E-state index >= 15 is 0 Å². The quantitative estimate of drug-likeness (QED) is 0.515. The Morgan fingerprint density at radius 1 is 1.19 bits per heavy atom. The molecule has 2 aliphatic carbocycles. The Kier molecular flexibility index (Phi) is 5.38. The fourth-order valence-electron chi connectivity index (χ4n) is 5.09. The molecule has 26 heavy (non-hydrogen) atoms. The molecule has 144 valence electrons. The van der Waals surface area contributed by atoms with Gasteiger partial charge in [0.1, 0.15) is 0 Å². The van der Waals surface area contributed by atoms with Crippen LogP contribution >= 0.6 is 0 Å². The third-order valence-corrected chi connectivity index (χ3v) is 7.96. The Balaban J connectivity index is 1.97. The summed E-state index contributed by atoms with van der Waals surface area (Å²) >= 11 is 0. The van der Waals surface area contributed by atoms with Crippen molar-refractivity contribution < 1.29 is 12.6 Å². The average Bonchev–Trinajstić information content (AvgIpc) is 2.54. The smallest absolute Gasteiger partial charge is 0.262 e. The molecule has 0 aliphatic heterocycles. The first-order valence-corrected chi connectivity index (χ1v) is 11.2. The van der Waals surface area contributed by atoms with Crippen molar-refractivity contribution in [3.05, 3.63) is 42.0 Å². The van der Waals surface area contributed by atoms with Crippen molar-refractivity contribution >= 4 is 10.1 Å². The van der Waals surface area contributed by atoms with Gasteiger partial charge in [0.2, 0.25) is 0 Å². The molecule has 0 heterocycles. The lowest BCUT2D eigenvalue weighted by Crippen LogP contribution is -2.50. The van der Waals surface area contributed by atoms with Crippen molar-refractivity contribution in [1.29, 1.82) is 0 Å². The molecule has 2 saturated carbocycles. The molecule has 4 heteroatoms. The number of fused-ring (bicyclic) bond motifs is 1. The second kappa shape index (κ2) is 7.12. The van der Waals surface area contributed by atoms with Crippen molar-refractivity contribution in [2.24, 2.45) is 23.2 Å².